The van der Waals surface area contributed by atoms with E-state index in [1.54, 1.807) is 12.1 Å². The van der Waals surface area contributed by atoms with Crippen LogP contribution >= 0.6 is 0 Å². The van der Waals surface area contributed by atoms with Crippen LogP contribution in [-0.2, 0) is 21.2 Å². The van der Waals surface area contributed by atoms with Gasteiger partial charge in [-0.3, -0.25) is 13.6 Å². The Morgan fingerprint density at radius 1 is 1.07 bits per heavy atom. The molecule has 3 aromatic carbocycles. The van der Waals surface area contributed by atoms with Crippen LogP contribution in [0.15, 0.2) is 64.4 Å². The number of nitrogens with one attached hydrogen (secondary N) is 1. The molecule has 0 aliphatic carbocycles. The Bertz CT molecular complexity index is 1170. The van der Waals surface area contributed by atoms with E-state index in [0.717, 1.165) is 6.07 Å². The summed E-state index contributed by atoms with van der Waals surface area (Å²) in [6, 6.07) is 12.6. The summed E-state index contributed by atoms with van der Waals surface area (Å²) >= 11 is -2.68. The summed E-state index contributed by atoms with van der Waals surface area (Å²) in [5, 5.41) is 2.95. The van der Waals surface area contributed by atoms with Gasteiger partial charge in [0.25, 0.3) is 16.0 Å². The normalized spacial score (nSPS) is 12.7. The number of hydrogen-bond donors (Lipinski definition) is 3. The van der Waals surface area contributed by atoms with E-state index in [-0.39, 0.29) is 21.4 Å². The molecule has 1 atom stereocenters. The highest BCUT2D eigenvalue weighted by Gasteiger charge is 2.17. The Hall–Kier alpha value is -2.79. The Morgan fingerprint density at radius 3 is 2.33 bits per heavy atom. The fourth-order valence-corrected chi connectivity index (χ4v) is 3.77. The van der Waals surface area contributed by atoms with Crippen molar-refractivity contribution < 1.29 is 26.5 Å². The molecule has 0 saturated carbocycles. The predicted molar refractivity (Wildman–Crippen MR) is 99.8 cm³/mol. The fraction of sp³-hybridized carbons (Fsp3) is 0. The van der Waals surface area contributed by atoms with Crippen LogP contribution in [0.1, 0.15) is 10.4 Å². The van der Waals surface area contributed by atoms with Crippen LogP contribution in [0, 0.1) is 0 Å². The minimum Gasteiger partial charge on any atom is -0.768 e. The third kappa shape index (κ3) is 4.14. The van der Waals surface area contributed by atoms with Crippen molar-refractivity contribution in [1.29, 1.82) is 0 Å². The first-order chi connectivity index (χ1) is 12.6. The lowest BCUT2D eigenvalue weighted by molar-refractivity contribution is 0.102. The van der Waals surface area contributed by atoms with Gasteiger partial charge in [0.1, 0.15) is 4.90 Å². The maximum atomic E-state index is 12.3. The zero-order valence-corrected chi connectivity index (χ0v) is 15.2. The van der Waals surface area contributed by atoms with Gasteiger partial charge in [0.15, 0.2) is 0 Å². The van der Waals surface area contributed by atoms with Gasteiger partial charge in [0, 0.05) is 27.2 Å². The average Bonchev–Trinajstić information content (AvgIpc) is 2.60. The molecule has 0 aromatic heterocycles. The molecule has 0 aliphatic heterocycles. The van der Waals surface area contributed by atoms with Crippen LogP contribution in [0.3, 0.4) is 0 Å². The van der Waals surface area contributed by atoms with Crippen molar-refractivity contribution in [1.82, 2.24) is 0 Å². The third-order valence-electron chi connectivity index (χ3n) is 3.79. The van der Waals surface area contributed by atoms with Crippen molar-refractivity contribution in [2.24, 2.45) is 0 Å². The molecule has 0 spiro atoms. The van der Waals surface area contributed by atoms with Gasteiger partial charge in [-0.15, -0.1) is 0 Å². The zero-order valence-electron chi connectivity index (χ0n) is 13.6. The number of anilines is 2. The smallest absolute Gasteiger partial charge is 0.295 e. The molecule has 0 fully saturated rings. The summed E-state index contributed by atoms with van der Waals surface area (Å²) in [4.78, 5) is 11.4. The van der Waals surface area contributed by atoms with Crippen LogP contribution in [0.2, 0.25) is 0 Å². The first-order valence-electron chi connectivity index (χ1n) is 7.46. The lowest BCUT2D eigenvalue weighted by Crippen LogP contribution is -2.12. The predicted octanol–water partition coefficient (Wildman–Crippen LogP) is 2.16. The first kappa shape index (κ1) is 19.0. The van der Waals surface area contributed by atoms with Crippen LogP contribution in [0.5, 0.6) is 0 Å². The van der Waals surface area contributed by atoms with E-state index in [1.807, 2.05) is 0 Å². The van der Waals surface area contributed by atoms with Gasteiger partial charge in [-0.2, -0.15) is 8.42 Å². The van der Waals surface area contributed by atoms with Crippen LogP contribution in [0.4, 0.5) is 11.4 Å². The van der Waals surface area contributed by atoms with Crippen molar-refractivity contribution in [3.63, 3.8) is 0 Å². The summed E-state index contributed by atoms with van der Waals surface area (Å²) in [7, 11) is -4.69. The highest BCUT2D eigenvalue weighted by molar-refractivity contribution is 7.86. The van der Waals surface area contributed by atoms with Gasteiger partial charge >= 0.3 is 0 Å². The maximum absolute atomic E-state index is 12.3. The molecule has 27 heavy (non-hydrogen) atoms. The summed E-state index contributed by atoms with van der Waals surface area (Å²) in [6.45, 7) is 0. The van der Waals surface area contributed by atoms with E-state index in [4.69, 9.17) is 5.73 Å². The summed E-state index contributed by atoms with van der Waals surface area (Å²) < 4.78 is 55.1. The van der Waals surface area contributed by atoms with Crippen molar-refractivity contribution >= 4 is 49.3 Å². The van der Waals surface area contributed by atoms with E-state index >= 15 is 0 Å². The molecule has 10 heteroatoms. The molecule has 4 N–H and O–H groups in total. The third-order valence-corrected chi connectivity index (χ3v) is 5.31. The molecule has 0 saturated heterocycles. The highest BCUT2D eigenvalue weighted by Crippen LogP contribution is 2.29. The van der Waals surface area contributed by atoms with Gasteiger partial charge < -0.3 is 15.6 Å². The number of carbonyl (C=O) groups excluding carboxylic acids is 1. The quantitative estimate of drug-likeness (QED) is 0.342. The van der Waals surface area contributed by atoms with Gasteiger partial charge in [0.2, 0.25) is 0 Å². The molecule has 3 aromatic rings. The summed E-state index contributed by atoms with van der Waals surface area (Å²) in [6.07, 6.45) is 0. The number of nitrogen functional groups attached to an aromatic ring is 1. The van der Waals surface area contributed by atoms with E-state index in [0.29, 0.717) is 11.3 Å². The molecule has 1 unspecified atom stereocenters. The number of rotatable bonds is 4. The van der Waals surface area contributed by atoms with Crippen LogP contribution in [-0.4, -0.2) is 27.6 Å². The Morgan fingerprint density at radius 2 is 1.74 bits per heavy atom. The Labute approximate surface area is 157 Å². The molecule has 0 radical (unpaired) electrons. The van der Waals surface area contributed by atoms with Gasteiger partial charge in [-0.25, -0.2) is 0 Å². The van der Waals surface area contributed by atoms with Crippen LogP contribution in [0.25, 0.3) is 10.8 Å². The molecule has 8 nitrogen and oxygen atoms in total. The molecule has 3 rings (SSSR count). The van der Waals surface area contributed by atoms with E-state index in [1.165, 1.54) is 36.4 Å². The molecule has 0 bridgehead atoms. The molecule has 140 valence electrons. The first-order valence-corrected chi connectivity index (χ1v) is 9.98. The number of nitrogens with two attached hydrogens (primary N) is 1. The molecule has 0 aliphatic rings. The largest absolute Gasteiger partial charge is 0.768 e. The SMILES string of the molecule is Nc1ccc(C(=O)Nc2ccc3cc(S(=O)[O-])cc(S(=O)(=O)O)c3c2)cc1. The fourth-order valence-electron chi connectivity index (χ4n) is 2.52. The Balaban J connectivity index is 2.06. The average molecular weight is 405 g/mol. The second-order valence-electron chi connectivity index (χ2n) is 5.64. The van der Waals surface area contributed by atoms with Gasteiger partial charge in [-0.1, -0.05) is 6.07 Å². The second-order valence-corrected chi connectivity index (χ2v) is 7.97. The van der Waals surface area contributed by atoms with Crippen molar-refractivity contribution in [3.05, 3.63) is 60.2 Å². The van der Waals surface area contributed by atoms with E-state index in [9.17, 15) is 26.5 Å². The van der Waals surface area contributed by atoms with Gasteiger partial charge in [-0.05, 0) is 65.0 Å². The molecule has 1 amide bonds. The molecule has 0 heterocycles. The van der Waals surface area contributed by atoms with Crippen LogP contribution < -0.4 is 11.1 Å². The number of fused-ring (bicyclic) bond motifs is 1. The monoisotopic (exact) mass is 405 g/mol. The lowest BCUT2D eigenvalue weighted by Gasteiger charge is -2.12. The van der Waals surface area contributed by atoms with Crippen molar-refractivity contribution in [2.75, 3.05) is 11.1 Å². The van der Waals surface area contributed by atoms with E-state index in [2.05, 4.69) is 5.32 Å². The number of amides is 1. The topological polar surface area (TPSA) is 150 Å². The minimum atomic E-state index is -4.69. The standard InChI is InChI=1S/C17H14N2O6S2/c18-12-4-1-10(2-5-12)17(20)19-13-6-3-11-7-14(26(21)22)9-16(15(11)8-13)27(23,24)25/h1-9H,18H2,(H,19,20)(H,21,22)(H,23,24,25)/p-1. The summed E-state index contributed by atoms with van der Waals surface area (Å²) in [5.74, 6) is -0.444. The minimum absolute atomic E-state index is 0.0711. The molecular formula is C17H13N2O6S2-. The highest BCUT2D eigenvalue weighted by atomic mass is 32.2. The Kier molecular flexibility index (Phi) is 4.98. The van der Waals surface area contributed by atoms with Gasteiger partial charge in [0.05, 0.1) is 0 Å². The maximum Gasteiger partial charge on any atom is 0.295 e. The van der Waals surface area contributed by atoms with Crippen molar-refractivity contribution in [2.45, 2.75) is 9.79 Å². The number of benzene rings is 3. The van der Waals surface area contributed by atoms with Crippen molar-refractivity contribution in [3.8, 4) is 0 Å². The number of carbonyl (C=O) groups is 1. The zero-order chi connectivity index (χ0) is 19.8. The lowest BCUT2D eigenvalue weighted by atomic mass is 10.1. The second kappa shape index (κ2) is 7.08. The number of hydrogen-bond acceptors (Lipinski definition) is 6. The summed E-state index contributed by atoms with van der Waals surface area (Å²) in [5.41, 5.74) is 6.69. The van der Waals surface area contributed by atoms with E-state index < -0.39 is 32.0 Å². The molecular weight excluding hydrogens is 392 g/mol.